The maximum absolute atomic E-state index is 12.4. The molecule has 0 unspecified atom stereocenters. The zero-order valence-corrected chi connectivity index (χ0v) is 16.2. The lowest BCUT2D eigenvalue weighted by Gasteiger charge is -2.13. The summed E-state index contributed by atoms with van der Waals surface area (Å²) in [6.45, 7) is 1.62. The second-order valence-corrected chi connectivity index (χ2v) is 5.66. The molecule has 146 valence electrons. The molecule has 7 heteroatoms. The Labute approximate surface area is 164 Å². The SMILES string of the molecule is COc1cc(C(=O)NCC#Cc2ccc(NC(C)=O)cc2)cc(OC)c1OC. The van der Waals surface area contributed by atoms with Gasteiger partial charge in [-0.2, -0.15) is 0 Å². The molecule has 0 saturated carbocycles. The van der Waals surface area contributed by atoms with E-state index < -0.39 is 0 Å². The number of benzene rings is 2. The van der Waals surface area contributed by atoms with Crippen molar-refractivity contribution in [2.75, 3.05) is 33.2 Å². The first-order valence-electron chi connectivity index (χ1n) is 8.43. The number of hydrogen-bond acceptors (Lipinski definition) is 5. The van der Waals surface area contributed by atoms with Crippen molar-refractivity contribution >= 4 is 17.5 Å². The van der Waals surface area contributed by atoms with Crippen LogP contribution < -0.4 is 24.8 Å². The van der Waals surface area contributed by atoms with Gasteiger partial charge in [-0.3, -0.25) is 9.59 Å². The fourth-order valence-electron chi connectivity index (χ4n) is 2.43. The summed E-state index contributed by atoms with van der Waals surface area (Å²) in [4.78, 5) is 23.4. The van der Waals surface area contributed by atoms with Crippen molar-refractivity contribution in [1.29, 1.82) is 0 Å². The van der Waals surface area contributed by atoms with Crippen LogP contribution in [0.4, 0.5) is 5.69 Å². The van der Waals surface area contributed by atoms with Gasteiger partial charge in [0.1, 0.15) is 0 Å². The summed E-state index contributed by atoms with van der Waals surface area (Å²) in [5.74, 6) is 6.61. The van der Waals surface area contributed by atoms with Gasteiger partial charge in [0.05, 0.1) is 27.9 Å². The molecule has 2 aromatic carbocycles. The molecule has 7 nitrogen and oxygen atoms in total. The van der Waals surface area contributed by atoms with Gasteiger partial charge in [0.15, 0.2) is 11.5 Å². The highest BCUT2D eigenvalue weighted by molar-refractivity contribution is 5.95. The monoisotopic (exact) mass is 382 g/mol. The summed E-state index contributed by atoms with van der Waals surface area (Å²) in [5.41, 5.74) is 1.85. The Bertz CT molecular complexity index is 886. The van der Waals surface area contributed by atoms with Gasteiger partial charge >= 0.3 is 0 Å². The molecule has 2 aromatic rings. The number of carbonyl (C=O) groups excluding carboxylic acids is 2. The van der Waals surface area contributed by atoms with Gasteiger partial charge in [0.2, 0.25) is 11.7 Å². The topological polar surface area (TPSA) is 85.9 Å². The van der Waals surface area contributed by atoms with Crippen molar-refractivity contribution in [3.63, 3.8) is 0 Å². The zero-order valence-electron chi connectivity index (χ0n) is 16.2. The summed E-state index contributed by atoms with van der Waals surface area (Å²) in [6, 6.07) is 10.3. The molecular weight excluding hydrogens is 360 g/mol. The van der Waals surface area contributed by atoms with E-state index in [2.05, 4.69) is 22.5 Å². The first-order valence-corrected chi connectivity index (χ1v) is 8.43. The van der Waals surface area contributed by atoms with Crippen LogP contribution in [0.2, 0.25) is 0 Å². The lowest BCUT2D eigenvalue weighted by atomic mass is 10.1. The highest BCUT2D eigenvalue weighted by atomic mass is 16.5. The van der Waals surface area contributed by atoms with E-state index in [0.717, 1.165) is 5.56 Å². The van der Waals surface area contributed by atoms with Crippen molar-refractivity contribution in [1.82, 2.24) is 5.32 Å². The minimum absolute atomic E-state index is 0.131. The van der Waals surface area contributed by atoms with Gasteiger partial charge in [-0.1, -0.05) is 11.8 Å². The summed E-state index contributed by atoms with van der Waals surface area (Å²) in [5, 5.41) is 5.41. The van der Waals surface area contributed by atoms with Crippen LogP contribution in [0.5, 0.6) is 17.2 Å². The van der Waals surface area contributed by atoms with Crippen molar-refractivity contribution in [3.8, 4) is 29.1 Å². The normalized spacial score (nSPS) is 9.57. The van der Waals surface area contributed by atoms with Crippen molar-refractivity contribution in [2.24, 2.45) is 0 Å². The third-order valence-electron chi connectivity index (χ3n) is 3.70. The summed E-state index contributed by atoms with van der Waals surface area (Å²) >= 11 is 0. The highest BCUT2D eigenvalue weighted by Crippen LogP contribution is 2.38. The number of rotatable bonds is 6. The Kier molecular flexibility index (Phi) is 7.28. The van der Waals surface area contributed by atoms with E-state index in [0.29, 0.717) is 28.5 Å². The van der Waals surface area contributed by atoms with Gasteiger partial charge in [-0.25, -0.2) is 0 Å². The predicted octanol–water partition coefficient (Wildman–Crippen LogP) is 2.45. The van der Waals surface area contributed by atoms with E-state index in [4.69, 9.17) is 14.2 Å². The summed E-state index contributed by atoms with van der Waals surface area (Å²) in [7, 11) is 4.47. The molecule has 0 fully saturated rings. The Balaban J connectivity index is 2.01. The van der Waals surface area contributed by atoms with Gasteiger partial charge in [0.25, 0.3) is 5.91 Å². The molecule has 0 aliphatic carbocycles. The lowest BCUT2D eigenvalue weighted by Crippen LogP contribution is -2.23. The Morgan fingerprint density at radius 3 is 2.07 bits per heavy atom. The molecule has 2 rings (SSSR count). The highest BCUT2D eigenvalue weighted by Gasteiger charge is 2.16. The second kappa shape index (κ2) is 9.88. The number of amides is 2. The number of methoxy groups -OCH3 is 3. The number of ether oxygens (including phenoxy) is 3. The largest absolute Gasteiger partial charge is 0.493 e. The molecule has 28 heavy (non-hydrogen) atoms. The van der Waals surface area contributed by atoms with Gasteiger partial charge in [-0.05, 0) is 36.4 Å². The molecule has 0 aliphatic heterocycles. The molecule has 0 radical (unpaired) electrons. The number of carbonyl (C=O) groups is 2. The molecule has 0 atom stereocenters. The van der Waals surface area contributed by atoms with E-state index in [1.807, 2.05) is 0 Å². The maximum atomic E-state index is 12.4. The third-order valence-corrected chi connectivity index (χ3v) is 3.70. The summed E-state index contributed by atoms with van der Waals surface area (Å²) < 4.78 is 15.7. The van der Waals surface area contributed by atoms with Crippen LogP contribution in [0.3, 0.4) is 0 Å². The average molecular weight is 382 g/mol. The zero-order chi connectivity index (χ0) is 20.5. The quantitative estimate of drug-likeness (QED) is 0.750. The third kappa shape index (κ3) is 5.42. The van der Waals surface area contributed by atoms with E-state index in [1.165, 1.54) is 28.3 Å². The molecular formula is C21H22N2O5. The minimum Gasteiger partial charge on any atom is -0.493 e. The first kappa shape index (κ1) is 20.6. The molecule has 0 saturated heterocycles. The minimum atomic E-state index is -0.311. The Morgan fingerprint density at radius 1 is 0.964 bits per heavy atom. The van der Waals surface area contributed by atoms with Crippen LogP contribution >= 0.6 is 0 Å². The van der Waals surface area contributed by atoms with Crippen molar-refractivity contribution in [2.45, 2.75) is 6.92 Å². The Hall–Kier alpha value is -3.66. The van der Waals surface area contributed by atoms with E-state index in [-0.39, 0.29) is 18.4 Å². The van der Waals surface area contributed by atoms with E-state index >= 15 is 0 Å². The van der Waals surface area contributed by atoms with Crippen molar-refractivity contribution in [3.05, 3.63) is 47.5 Å². The van der Waals surface area contributed by atoms with Gasteiger partial charge in [0, 0.05) is 23.7 Å². The fraction of sp³-hybridized carbons (Fsp3) is 0.238. The van der Waals surface area contributed by atoms with Crippen LogP contribution in [0, 0.1) is 11.8 Å². The van der Waals surface area contributed by atoms with Crippen LogP contribution in [-0.4, -0.2) is 39.7 Å². The molecule has 0 aliphatic rings. The second-order valence-electron chi connectivity index (χ2n) is 5.66. The van der Waals surface area contributed by atoms with Crippen molar-refractivity contribution < 1.29 is 23.8 Å². The molecule has 2 N–H and O–H groups in total. The molecule has 0 bridgehead atoms. The molecule has 2 amide bonds. The lowest BCUT2D eigenvalue weighted by molar-refractivity contribution is -0.114. The number of anilines is 1. The van der Waals surface area contributed by atoms with Gasteiger partial charge < -0.3 is 24.8 Å². The first-order chi connectivity index (χ1) is 13.5. The summed E-state index contributed by atoms with van der Waals surface area (Å²) in [6.07, 6.45) is 0. The van der Waals surface area contributed by atoms with Crippen LogP contribution in [0.15, 0.2) is 36.4 Å². The molecule has 0 aromatic heterocycles. The van der Waals surface area contributed by atoms with E-state index in [1.54, 1.807) is 36.4 Å². The smallest absolute Gasteiger partial charge is 0.252 e. The standard InChI is InChI=1S/C21H22N2O5/c1-14(24)23-17-9-7-15(8-10-17)6-5-11-22-21(25)16-12-18(26-2)20(28-4)19(13-16)27-3/h7-10,12-13H,11H2,1-4H3,(H,22,25)(H,23,24). The Morgan fingerprint density at radius 2 is 1.57 bits per heavy atom. The predicted molar refractivity (Wildman–Crippen MR) is 106 cm³/mol. The van der Waals surface area contributed by atoms with E-state index in [9.17, 15) is 9.59 Å². The van der Waals surface area contributed by atoms with Crippen LogP contribution in [-0.2, 0) is 4.79 Å². The number of hydrogen-bond donors (Lipinski definition) is 2. The molecule has 0 heterocycles. The number of nitrogens with one attached hydrogen (secondary N) is 2. The molecule has 0 spiro atoms. The maximum Gasteiger partial charge on any atom is 0.252 e. The average Bonchev–Trinajstić information content (AvgIpc) is 2.70. The van der Waals surface area contributed by atoms with Crippen LogP contribution in [0.1, 0.15) is 22.8 Å². The van der Waals surface area contributed by atoms with Gasteiger partial charge in [-0.15, -0.1) is 0 Å². The van der Waals surface area contributed by atoms with Crippen LogP contribution in [0.25, 0.3) is 0 Å². The fourth-order valence-corrected chi connectivity index (χ4v) is 2.43.